The third-order valence-electron chi connectivity index (χ3n) is 7.56. The summed E-state index contributed by atoms with van der Waals surface area (Å²) in [6.45, 7) is 4.23. The van der Waals surface area contributed by atoms with E-state index in [0.717, 1.165) is 31.4 Å². The molecule has 0 aromatic heterocycles. The Kier molecular flexibility index (Phi) is 3.87. The van der Waals surface area contributed by atoms with Crippen molar-refractivity contribution >= 4 is 5.97 Å². The molecule has 136 valence electrons. The van der Waals surface area contributed by atoms with Gasteiger partial charge in [0, 0.05) is 5.92 Å². The van der Waals surface area contributed by atoms with Gasteiger partial charge >= 0.3 is 5.97 Å². The number of carboxylic acid groups (broad SMARTS) is 1. The van der Waals surface area contributed by atoms with Gasteiger partial charge < -0.3 is 14.9 Å². The number of aliphatic hydroxyl groups is 1. The average molecular weight is 344 g/mol. The van der Waals surface area contributed by atoms with Crippen molar-refractivity contribution in [1.29, 1.82) is 0 Å². The molecule has 1 aromatic carbocycles. The van der Waals surface area contributed by atoms with E-state index in [-0.39, 0.29) is 17.3 Å². The highest BCUT2D eigenvalue weighted by atomic mass is 16.5. The molecule has 0 spiro atoms. The number of carboxylic acids is 1. The molecule has 1 aromatic rings. The van der Waals surface area contributed by atoms with Crippen LogP contribution in [-0.2, 0) is 11.2 Å². The lowest BCUT2D eigenvalue weighted by molar-refractivity contribution is -0.149. The van der Waals surface area contributed by atoms with Gasteiger partial charge in [-0.25, -0.2) is 0 Å². The molecular formula is C21H28O4. The summed E-state index contributed by atoms with van der Waals surface area (Å²) in [4.78, 5) is 11.8. The molecule has 0 bridgehead atoms. The van der Waals surface area contributed by atoms with Crippen LogP contribution in [0.15, 0.2) is 12.1 Å². The van der Waals surface area contributed by atoms with Crippen LogP contribution in [0.25, 0.3) is 0 Å². The number of aryl methyl sites for hydroxylation is 1. The summed E-state index contributed by atoms with van der Waals surface area (Å²) < 4.78 is 5.58. The van der Waals surface area contributed by atoms with Crippen molar-refractivity contribution in [3.8, 4) is 5.75 Å². The van der Waals surface area contributed by atoms with Crippen molar-refractivity contribution in [3.05, 3.63) is 28.8 Å². The fourth-order valence-corrected chi connectivity index (χ4v) is 6.55. The molecule has 2 N–H and O–H groups in total. The number of rotatable bonds is 2. The first-order valence-electron chi connectivity index (χ1n) is 9.45. The van der Waals surface area contributed by atoms with Gasteiger partial charge in [0.15, 0.2) is 0 Å². The monoisotopic (exact) mass is 344 g/mol. The maximum atomic E-state index is 11.8. The molecule has 5 unspecified atom stereocenters. The van der Waals surface area contributed by atoms with Gasteiger partial charge in [0.05, 0.1) is 19.1 Å². The van der Waals surface area contributed by atoms with Gasteiger partial charge in [0.25, 0.3) is 0 Å². The Labute approximate surface area is 149 Å². The van der Waals surface area contributed by atoms with E-state index in [9.17, 15) is 15.0 Å². The van der Waals surface area contributed by atoms with E-state index in [4.69, 9.17) is 4.74 Å². The number of fused-ring (bicyclic) bond motifs is 5. The minimum atomic E-state index is -0.690. The molecule has 2 fully saturated rings. The molecule has 0 aliphatic heterocycles. The van der Waals surface area contributed by atoms with E-state index >= 15 is 0 Å². The molecule has 0 radical (unpaired) electrons. The van der Waals surface area contributed by atoms with Crippen LogP contribution in [0.3, 0.4) is 0 Å². The number of ether oxygens (including phenoxy) is 1. The van der Waals surface area contributed by atoms with Crippen molar-refractivity contribution in [2.24, 2.45) is 23.2 Å². The molecule has 3 aliphatic rings. The summed E-state index contributed by atoms with van der Waals surface area (Å²) in [6, 6.07) is 4.12. The van der Waals surface area contributed by atoms with Crippen molar-refractivity contribution in [1.82, 2.24) is 0 Å². The third kappa shape index (κ3) is 2.26. The zero-order chi connectivity index (χ0) is 17.9. The minimum Gasteiger partial charge on any atom is -0.496 e. The van der Waals surface area contributed by atoms with Crippen LogP contribution in [0, 0.1) is 30.1 Å². The molecule has 0 heterocycles. The molecule has 25 heavy (non-hydrogen) atoms. The second-order valence-electron chi connectivity index (χ2n) is 8.56. The smallest absolute Gasteiger partial charge is 0.307 e. The summed E-state index contributed by atoms with van der Waals surface area (Å²) in [5.74, 6) is 0.793. The Morgan fingerprint density at radius 1 is 1.28 bits per heavy atom. The topological polar surface area (TPSA) is 66.8 Å². The van der Waals surface area contributed by atoms with E-state index in [1.165, 1.54) is 16.7 Å². The summed E-state index contributed by atoms with van der Waals surface area (Å²) in [6.07, 6.45) is 3.80. The number of hydrogen-bond acceptors (Lipinski definition) is 3. The van der Waals surface area contributed by atoms with E-state index in [1.54, 1.807) is 7.11 Å². The second kappa shape index (κ2) is 5.73. The lowest BCUT2D eigenvalue weighted by Gasteiger charge is -2.52. The van der Waals surface area contributed by atoms with Gasteiger partial charge in [-0.2, -0.15) is 0 Å². The number of benzene rings is 1. The third-order valence-corrected chi connectivity index (χ3v) is 7.56. The van der Waals surface area contributed by atoms with Crippen molar-refractivity contribution in [3.63, 3.8) is 0 Å². The molecule has 4 heteroatoms. The number of hydrogen-bond donors (Lipinski definition) is 2. The van der Waals surface area contributed by atoms with Crippen LogP contribution in [0.4, 0.5) is 0 Å². The minimum absolute atomic E-state index is 0.115. The van der Waals surface area contributed by atoms with E-state index < -0.39 is 12.1 Å². The first-order chi connectivity index (χ1) is 11.9. The molecule has 0 amide bonds. The average Bonchev–Trinajstić information content (AvgIpc) is 2.91. The maximum absolute atomic E-state index is 11.8. The molecule has 4 rings (SSSR count). The summed E-state index contributed by atoms with van der Waals surface area (Å²) in [5, 5.41) is 20.8. The van der Waals surface area contributed by atoms with Crippen LogP contribution >= 0.6 is 0 Å². The molecular weight excluding hydrogens is 316 g/mol. The first-order valence-corrected chi connectivity index (χ1v) is 9.45. The highest BCUT2D eigenvalue weighted by Crippen LogP contribution is 2.63. The van der Waals surface area contributed by atoms with E-state index in [1.807, 2.05) is 6.07 Å². The Morgan fingerprint density at radius 3 is 2.72 bits per heavy atom. The highest BCUT2D eigenvalue weighted by molar-refractivity contribution is 5.71. The van der Waals surface area contributed by atoms with Crippen LogP contribution in [0.1, 0.15) is 55.2 Å². The zero-order valence-corrected chi connectivity index (χ0v) is 15.3. The normalized spacial score (nSPS) is 39.3. The SMILES string of the molecule is COc1ccc(C)c2c1CC[C@@H]1C2C(O)CC2(C)C(C(=O)O)CCC12. The largest absolute Gasteiger partial charge is 0.496 e. The summed E-state index contributed by atoms with van der Waals surface area (Å²) in [5.41, 5.74) is 3.46. The van der Waals surface area contributed by atoms with Gasteiger partial charge in [0.1, 0.15) is 5.75 Å². The lowest BCUT2D eigenvalue weighted by Crippen LogP contribution is -2.50. The van der Waals surface area contributed by atoms with E-state index in [2.05, 4.69) is 19.9 Å². The molecule has 4 nitrogen and oxygen atoms in total. The van der Waals surface area contributed by atoms with Crippen molar-refractivity contribution in [2.45, 2.75) is 58.0 Å². The predicted molar refractivity (Wildman–Crippen MR) is 94.9 cm³/mol. The molecule has 3 aliphatic carbocycles. The first kappa shape index (κ1) is 16.9. The van der Waals surface area contributed by atoms with Gasteiger partial charge in [-0.3, -0.25) is 4.79 Å². The Bertz CT molecular complexity index is 712. The quantitative estimate of drug-likeness (QED) is 0.861. The van der Waals surface area contributed by atoms with Crippen LogP contribution < -0.4 is 4.74 Å². The standard InChI is InChI=1S/C21H28O4/c1-11-4-9-17(25-3)13-6-5-12-14-7-8-15(20(23)24)21(14,2)10-16(22)19(12)18(11)13/h4,9,12,14-16,19,22H,5-8,10H2,1-3H3,(H,23,24)/t12-,14?,15?,16?,19?,21?/m0/s1. The number of aliphatic carboxylic acids is 1. The molecule has 2 saturated carbocycles. The Morgan fingerprint density at radius 2 is 2.04 bits per heavy atom. The zero-order valence-electron chi connectivity index (χ0n) is 15.3. The second-order valence-corrected chi connectivity index (χ2v) is 8.56. The van der Waals surface area contributed by atoms with Crippen LogP contribution in [0.5, 0.6) is 5.75 Å². The Hall–Kier alpha value is -1.55. The fraction of sp³-hybridized carbons (Fsp3) is 0.667. The van der Waals surface area contributed by atoms with Crippen molar-refractivity contribution in [2.75, 3.05) is 7.11 Å². The van der Waals surface area contributed by atoms with Gasteiger partial charge in [-0.05, 0) is 79.0 Å². The van der Waals surface area contributed by atoms with Gasteiger partial charge in [-0.1, -0.05) is 13.0 Å². The fourth-order valence-electron chi connectivity index (χ4n) is 6.55. The lowest BCUT2D eigenvalue weighted by atomic mass is 9.53. The predicted octanol–water partition coefficient (Wildman–Crippen LogP) is 3.53. The van der Waals surface area contributed by atoms with Crippen molar-refractivity contribution < 1.29 is 19.7 Å². The Balaban J connectivity index is 1.79. The molecule has 0 saturated heterocycles. The number of aliphatic hydroxyl groups excluding tert-OH is 1. The van der Waals surface area contributed by atoms with Gasteiger partial charge in [0.2, 0.25) is 0 Å². The summed E-state index contributed by atoms with van der Waals surface area (Å²) >= 11 is 0. The van der Waals surface area contributed by atoms with Crippen LogP contribution in [0.2, 0.25) is 0 Å². The summed E-state index contributed by atoms with van der Waals surface area (Å²) in [7, 11) is 1.71. The van der Waals surface area contributed by atoms with Crippen LogP contribution in [-0.4, -0.2) is 29.4 Å². The highest BCUT2D eigenvalue weighted by Gasteiger charge is 2.59. The number of methoxy groups -OCH3 is 1. The van der Waals surface area contributed by atoms with Gasteiger partial charge in [-0.15, -0.1) is 0 Å². The maximum Gasteiger partial charge on any atom is 0.307 e. The molecule has 6 atom stereocenters. The van der Waals surface area contributed by atoms with E-state index in [0.29, 0.717) is 18.3 Å². The number of carbonyl (C=O) groups is 1.